The van der Waals surface area contributed by atoms with E-state index in [-0.39, 0.29) is 4.90 Å². The van der Waals surface area contributed by atoms with E-state index in [2.05, 4.69) is 20.2 Å². The van der Waals surface area contributed by atoms with Crippen LogP contribution in [0.1, 0.15) is 5.56 Å². The molecule has 4 aromatic rings. The second kappa shape index (κ2) is 9.24. The van der Waals surface area contributed by atoms with Gasteiger partial charge in [-0.25, -0.2) is 17.8 Å². The molecule has 35 heavy (non-hydrogen) atoms. The van der Waals surface area contributed by atoms with Gasteiger partial charge in [0.05, 0.1) is 51.8 Å². The third kappa shape index (κ3) is 4.56. The summed E-state index contributed by atoms with van der Waals surface area (Å²) in [5.74, 6) is -0.446. The fourth-order valence-electron chi connectivity index (χ4n) is 4.36. The molecule has 0 atom stereocenters. The van der Waals surface area contributed by atoms with Crippen LogP contribution in [0.25, 0.3) is 22.3 Å². The van der Waals surface area contributed by atoms with Crippen LogP contribution in [0.2, 0.25) is 0 Å². The fourth-order valence-corrected chi connectivity index (χ4v) is 5.19. The number of benzene rings is 2. The molecule has 1 N–H and O–H groups in total. The smallest absolute Gasteiger partial charge is 0.177 e. The monoisotopic (exact) mass is 492 g/mol. The number of morpholine rings is 1. The predicted molar refractivity (Wildman–Crippen MR) is 136 cm³/mol. The molecule has 3 heterocycles. The van der Waals surface area contributed by atoms with E-state index in [1.165, 1.54) is 12.3 Å². The molecule has 1 aliphatic rings. The summed E-state index contributed by atoms with van der Waals surface area (Å²) in [5.41, 5.74) is 4.05. The van der Waals surface area contributed by atoms with Gasteiger partial charge in [-0.2, -0.15) is 0 Å². The number of nitrogens with zero attached hydrogens (tertiary/aromatic N) is 3. The molecule has 1 saturated heterocycles. The Balaban J connectivity index is 1.72. The van der Waals surface area contributed by atoms with Crippen molar-refractivity contribution in [2.24, 2.45) is 0 Å². The third-order valence-electron chi connectivity index (χ3n) is 6.11. The summed E-state index contributed by atoms with van der Waals surface area (Å²) in [6, 6.07) is 15.4. The van der Waals surface area contributed by atoms with Crippen molar-refractivity contribution in [3.05, 3.63) is 72.2 Å². The van der Waals surface area contributed by atoms with E-state index in [0.29, 0.717) is 65.5 Å². The molecule has 180 valence electrons. The molecule has 0 bridgehead atoms. The third-order valence-corrected chi connectivity index (χ3v) is 7.27. The molecule has 9 heteroatoms. The van der Waals surface area contributed by atoms with Crippen LogP contribution in [0.5, 0.6) is 0 Å². The highest BCUT2D eigenvalue weighted by Crippen LogP contribution is 2.38. The van der Waals surface area contributed by atoms with Gasteiger partial charge < -0.3 is 15.0 Å². The molecule has 7 nitrogen and oxygen atoms in total. The molecule has 0 amide bonds. The zero-order chi connectivity index (χ0) is 24.6. The molecule has 0 unspecified atom stereocenters. The molecule has 5 rings (SSSR count). The van der Waals surface area contributed by atoms with Crippen LogP contribution in [0.4, 0.5) is 21.5 Å². The summed E-state index contributed by atoms with van der Waals surface area (Å²) in [7, 11) is -3.57. The number of halogens is 1. The lowest BCUT2D eigenvalue weighted by Crippen LogP contribution is -2.36. The van der Waals surface area contributed by atoms with Gasteiger partial charge in [0.15, 0.2) is 9.84 Å². The van der Waals surface area contributed by atoms with Crippen molar-refractivity contribution >= 4 is 37.8 Å². The van der Waals surface area contributed by atoms with Gasteiger partial charge in [-0.05, 0) is 49.4 Å². The van der Waals surface area contributed by atoms with E-state index < -0.39 is 15.7 Å². The van der Waals surface area contributed by atoms with Gasteiger partial charge in [0.1, 0.15) is 5.82 Å². The first-order chi connectivity index (χ1) is 16.8. The minimum Gasteiger partial charge on any atom is -0.378 e. The first-order valence-electron chi connectivity index (χ1n) is 11.3. The Morgan fingerprint density at radius 1 is 1.06 bits per heavy atom. The molecule has 2 aromatic carbocycles. The average molecular weight is 493 g/mol. The summed E-state index contributed by atoms with van der Waals surface area (Å²) in [4.78, 5) is 11.4. The summed E-state index contributed by atoms with van der Waals surface area (Å²) in [6.45, 7) is 4.44. The van der Waals surface area contributed by atoms with E-state index in [9.17, 15) is 8.42 Å². The predicted octanol–water partition coefficient (Wildman–Crippen LogP) is 4.73. The van der Waals surface area contributed by atoms with Crippen LogP contribution >= 0.6 is 0 Å². The fraction of sp³-hybridized carbons (Fsp3) is 0.231. The number of fused-ring (bicyclic) bond motifs is 1. The molecule has 1 fully saturated rings. The van der Waals surface area contributed by atoms with E-state index in [0.717, 1.165) is 5.69 Å². The van der Waals surface area contributed by atoms with Gasteiger partial charge in [0, 0.05) is 36.8 Å². The zero-order valence-corrected chi connectivity index (χ0v) is 20.3. The lowest BCUT2D eigenvalue weighted by atomic mass is 10.0. The summed E-state index contributed by atoms with van der Waals surface area (Å²) < 4.78 is 45.9. The number of hydrogen-bond donors (Lipinski definition) is 1. The zero-order valence-electron chi connectivity index (χ0n) is 19.5. The molecule has 0 spiro atoms. The Labute approximate surface area is 203 Å². The van der Waals surface area contributed by atoms with Crippen LogP contribution in [0.15, 0.2) is 65.7 Å². The van der Waals surface area contributed by atoms with Gasteiger partial charge in [0.2, 0.25) is 0 Å². The lowest BCUT2D eigenvalue weighted by molar-refractivity contribution is 0.122. The maximum atomic E-state index is 15.1. The Morgan fingerprint density at radius 2 is 1.86 bits per heavy atom. The standard InChI is InChI=1S/C26H25FN4O3S/c1-17-25(21-7-3-4-11-28-21)29-20-8-5-6-19(27)24(20)26(17)30-22-16-18(31-12-14-34-15-13-31)9-10-23(22)35(2,32)33/h3-11,16H,12-15H2,1-2H3,(H,29,30). The number of sulfone groups is 1. The molecular formula is C26H25FN4O3S. The highest BCUT2D eigenvalue weighted by Gasteiger charge is 2.22. The van der Waals surface area contributed by atoms with Crippen LogP contribution in [-0.2, 0) is 14.6 Å². The second-order valence-electron chi connectivity index (χ2n) is 8.49. The number of rotatable bonds is 5. The normalized spacial score (nSPS) is 14.3. The van der Waals surface area contributed by atoms with Gasteiger partial charge in [-0.15, -0.1) is 0 Å². The van der Waals surface area contributed by atoms with E-state index in [1.807, 2.05) is 25.1 Å². The number of anilines is 3. The first-order valence-corrected chi connectivity index (χ1v) is 13.2. The summed E-state index contributed by atoms with van der Waals surface area (Å²) in [6.07, 6.45) is 2.84. The van der Waals surface area contributed by atoms with Crippen LogP contribution < -0.4 is 10.2 Å². The Bertz CT molecular complexity index is 1500. The van der Waals surface area contributed by atoms with Gasteiger partial charge >= 0.3 is 0 Å². The van der Waals surface area contributed by atoms with Crippen molar-refractivity contribution in [3.63, 3.8) is 0 Å². The van der Waals surface area contributed by atoms with E-state index in [4.69, 9.17) is 4.74 Å². The Morgan fingerprint density at radius 3 is 2.57 bits per heavy atom. The highest BCUT2D eigenvalue weighted by molar-refractivity contribution is 7.90. The quantitative estimate of drug-likeness (QED) is 0.431. The largest absolute Gasteiger partial charge is 0.378 e. The maximum absolute atomic E-state index is 15.1. The van der Waals surface area contributed by atoms with Crippen molar-refractivity contribution in [1.82, 2.24) is 9.97 Å². The van der Waals surface area contributed by atoms with Gasteiger partial charge in [0.25, 0.3) is 0 Å². The summed E-state index contributed by atoms with van der Waals surface area (Å²) >= 11 is 0. The maximum Gasteiger partial charge on any atom is 0.177 e. The van der Waals surface area contributed by atoms with Crippen molar-refractivity contribution in [1.29, 1.82) is 0 Å². The second-order valence-corrected chi connectivity index (χ2v) is 10.5. The first kappa shape index (κ1) is 23.2. The number of nitrogens with one attached hydrogen (secondary N) is 1. The molecular weight excluding hydrogens is 467 g/mol. The number of aromatic nitrogens is 2. The summed E-state index contributed by atoms with van der Waals surface area (Å²) in [5, 5.41) is 3.57. The minimum absolute atomic E-state index is 0.134. The minimum atomic E-state index is -3.57. The van der Waals surface area contributed by atoms with Crippen molar-refractivity contribution in [3.8, 4) is 11.4 Å². The van der Waals surface area contributed by atoms with E-state index >= 15 is 4.39 Å². The van der Waals surface area contributed by atoms with Crippen molar-refractivity contribution in [2.75, 3.05) is 42.8 Å². The van der Waals surface area contributed by atoms with Crippen LogP contribution in [0.3, 0.4) is 0 Å². The van der Waals surface area contributed by atoms with Crippen LogP contribution in [0, 0.1) is 12.7 Å². The van der Waals surface area contributed by atoms with Crippen molar-refractivity contribution in [2.45, 2.75) is 11.8 Å². The molecule has 1 aliphatic heterocycles. The SMILES string of the molecule is Cc1c(-c2ccccn2)nc2cccc(F)c2c1Nc1cc(N2CCOCC2)ccc1S(C)(=O)=O. The number of pyridine rings is 2. The topological polar surface area (TPSA) is 84.4 Å². The molecule has 0 saturated carbocycles. The van der Waals surface area contributed by atoms with E-state index in [1.54, 1.807) is 36.5 Å². The average Bonchev–Trinajstić information content (AvgIpc) is 2.86. The molecule has 0 radical (unpaired) electrons. The Kier molecular flexibility index (Phi) is 6.12. The highest BCUT2D eigenvalue weighted by atomic mass is 32.2. The van der Waals surface area contributed by atoms with Crippen LogP contribution in [-0.4, -0.2) is 50.9 Å². The van der Waals surface area contributed by atoms with Crippen molar-refractivity contribution < 1.29 is 17.5 Å². The Hall–Kier alpha value is -3.56. The van der Waals surface area contributed by atoms with Gasteiger partial charge in [-0.1, -0.05) is 12.1 Å². The number of ether oxygens (including phenoxy) is 1. The lowest BCUT2D eigenvalue weighted by Gasteiger charge is -2.29. The number of hydrogen-bond acceptors (Lipinski definition) is 7. The molecule has 0 aliphatic carbocycles. The van der Waals surface area contributed by atoms with Gasteiger partial charge in [-0.3, -0.25) is 4.98 Å². The molecule has 2 aromatic heterocycles.